The van der Waals surface area contributed by atoms with Crippen molar-refractivity contribution in [1.29, 1.82) is 0 Å². The maximum atomic E-state index is 10.3. The quantitative estimate of drug-likeness (QED) is 0.493. The Morgan fingerprint density at radius 3 is 2.54 bits per heavy atom. The smallest absolute Gasteiger partial charge is 0.191 e. The fraction of sp³-hybridized carbons (Fsp3) is 0.947. The average molecular weight is 339 g/mol. The zero-order chi connectivity index (χ0) is 17.4. The van der Waals surface area contributed by atoms with Crippen molar-refractivity contribution in [3.8, 4) is 0 Å². The van der Waals surface area contributed by atoms with E-state index in [1.165, 1.54) is 32.1 Å². The van der Waals surface area contributed by atoms with Crippen molar-refractivity contribution in [1.82, 2.24) is 15.5 Å². The molecule has 24 heavy (non-hydrogen) atoms. The summed E-state index contributed by atoms with van der Waals surface area (Å²) in [5.41, 5.74) is -0.0682. The number of hydrogen-bond donors (Lipinski definition) is 3. The lowest BCUT2D eigenvalue weighted by molar-refractivity contribution is 0.00716. The van der Waals surface area contributed by atoms with Crippen LogP contribution in [-0.2, 0) is 0 Å². The van der Waals surface area contributed by atoms with E-state index >= 15 is 0 Å². The van der Waals surface area contributed by atoms with Gasteiger partial charge in [0.15, 0.2) is 5.96 Å². The zero-order valence-corrected chi connectivity index (χ0v) is 16.0. The number of guanidine groups is 1. The summed E-state index contributed by atoms with van der Waals surface area (Å²) in [6.07, 6.45) is 9.59. The molecule has 2 unspecified atom stereocenters. The van der Waals surface area contributed by atoms with Crippen LogP contribution in [0.2, 0.25) is 0 Å². The molecule has 2 rings (SSSR count). The molecule has 140 valence electrons. The van der Waals surface area contributed by atoms with Gasteiger partial charge in [-0.05, 0) is 39.7 Å². The maximum Gasteiger partial charge on any atom is 0.191 e. The standard InChI is InChI=1S/C19H38N4O/c1-4-20-18(21-13-14-23(3)16-9-5-6-10-16)22-15-19(2)12-8-7-11-17(19)24/h16-17,24H,4-15H2,1-3H3,(H2,20,21,22). The number of aliphatic hydroxyl groups excluding tert-OH is 1. The van der Waals surface area contributed by atoms with Crippen LogP contribution in [0, 0.1) is 5.41 Å². The fourth-order valence-corrected chi connectivity index (χ4v) is 4.05. The van der Waals surface area contributed by atoms with Crippen LogP contribution in [-0.4, -0.2) is 61.3 Å². The van der Waals surface area contributed by atoms with Gasteiger partial charge in [-0.3, -0.25) is 4.99 Å². The number of likely N-dealkylation sites (N-methyl/N-ethyl adjacent to an activating group) is 1. The van der Waals surface area contributed by atoms with E-state index in [4.69, 9.17) is 4.99 Å². The molecule has 5 nitrogen and oxygen atoms in total. The van der Waals surface area contributed by atoms with Gasteiger partial charge in [0.2, 0.25) is 0 Å². The van der Waals surface area contributed by atoms with Crippen LogP contribution in [0.1, 0.15) is 65.2 Å². The molecular weight excluding hydrogens is 300 g/mol. The highest BCUT2D eigenvalue weighted by Gasteiger charge is 2.35. The van der Waals surface area contributed by atoms with Gasteiger partial charge >= 0.3 is 0 Å². The third-order valence-electron chi connectivity index (χ3n) is 5.93. The molecular formula is C19H38N4O. The monoisotopic (exact) mass is 338 g/mol. The van der Waals surface area contributed by atoms with E-state index in [-0.39, 0.29) is 11.5 Å². The second-order valence-electron chi connectivity index (χ2n) is 7.96. The van der Waals surface area contributed by atoms with Gasteiger partial charge in [0, 0.05) is 31.1 Å². The highest BCUT2D eigenvalue weighted by Crippen LogP contribution is 2.36. The Morgan fingerprint density at radius 1 is 1.17 bits per heavy atom. The van der Waals surface area contributed by atoms with Gasteiger partial charge < -0.3 is 20.6 Å². The molecule has 2 aliphatic carbocycles. The molecule has 2 saturated carbocycles. The third kappa shape index (κ3) is 5.62. The third-order valence-corrected chi connectivity index (χ3v) is 5.93. The van der Waals surface area contributed by atoms with Crippen molar-refractivity contribution < 1.29 is 5.11 Å². The molecule has 0 saturated heterocycles. The van der Waals surface area contributed by atoms with Crippen molar-refractivity contribution >= 4 is 5.96 Å². The molecule has 0 aromatic heterocycles. The van der Waals surface area contributed by atoms with E-state index in [9.17, 15) is 5.11 Å². The molecule has 0 amide bonds. The van der Waals surface area contributed by atoms with Crippen LogP contribution < -0.4 is 10.6 Å². The predicted molar refractivity (Wildman–Crippen MR) is 101 cm³/mol. The Labute approximate surface area is 148 Å². The predicted octanol–water partition coefficient (Wildman–Crippen LogP) is 2.36. The first kappa shape index (κ1) is 19.5. The van der Waals surface area contributed by atoms with Crippen LogP contribution in [0.4, 0.5) is 0 Å². The number of nitrogens with one attached hydrogen (secondary N) is 2. The summed E-state index contributed by atoms with van der Waals surface area (Å²) in [7, 11) is 2.24. The molecule has 0 aromatic rings. The van der Waals surface area contributed by atoms with E-state index in [0.29, 0.717) is 6.54 Å². The highest BCUT2D eigenvalue weighted by atomic mass is 16.3. The average Bonchev–Trinajstić information content (AvgIpc) is 3.10. The van der Waals surface area contributed by atoms with Crippen molar-refractivity contribution in [2.45, 2.75) is 77.4 Å². The Bertz CT molecular complexity index is 395. The minimum Gasteiger partial charge on any atom is -0.392 e. The molecule has 0 spiro atoms. The zero-order valence-electron chi connectivity index (χ0n) is 16.0. The first-order chi connectivity index (χ1) is 11.5. The van der Waals surface area contributed by atoms with Crippen LogP contribution >= 0.6 is 0 Å². The number of nitrogens with zero attached hydrogens (tertiary/aromatic N) is 2. The van der Waals surface area contributed by atoms with Gasteiger partial charge in [-0.25, -0.2) is 0 Å². The summed E-state index contributed by atoms with van der Waals surface area (Å²) >= 11 is 0. The number of hydrogen-bond acceptors (Lipinski definition) is 3. The largest absolute Gasteiger partial charge is 0.392 e. The molecule has 2 aliphatic rings. The second-order valence-corrected chi connectivity index (χ2v) is 7.96. The first-order valence-corrected chi connectivity index (χ1v) is 9.95. The first-order valence-electron chi connectivity index (χ1n) is 9.95. The van der Waals surface area contributed by atoms with Gasteiger partial charge in [0.25, 0.3) is 0 Å². The summed E-state index contributed by atoms with van der Waals surface area (Å²) in [6, 6.07) is 0.766. The molecule has 0 heterocycles. The molecule has 0 bridgehead atoms. The van der Waals surface area contributed by atoms with Crippen LogP contribution in [0.5, 0.6) is 0 Å². The lowest BCUT2D eigenvalue weighted by atomic mass is 9.73. The summed E-state index contributed by atoms with van der Waals surface area (Å²) < 4.78 is 0. The van der Waals surface area contributed by atoms with E-state index in [1.54, 1.807) is 0 Å². The van der Waals surface area contributed by atoms with E-state index in [1.807, 2.05) is 0 Å². The van der Waals surface area contributed by atoms with Crippen molar-refractivity contribution in [2.24, 2.45) is 10.4 Å². The number of rotatable bonds is 7. The van der Waals surface area contributed by atoms with Gasteiger partial charge in [0.1, 0.15) is 0 Å². The normalized spacial score (nSPS) is 29.2. The van der Waals surface area contributed by atoms with Crippen LogP contribution in [0.3, 0.4) is 0 Å². The summed E-state index contributed by atoms with van der Waals surface area (Å²) in [4.78, 5) is 7.25. The lowest BCUT2D eigenvalue weighted by Gasteiger charge is -2.37. The molecule has 2 fully saturated rings. The van der Waals surface area contributed by atoms with Crippen molar-refractivity contribution in [3.05, 3.63) is 0 Å². The van der Waals surface area contributed by atoms with E-state index in [2.05, 4.69) is 36.4 Å². The summed E-state index contributed by atoms with van der Waals surface area (Å²) in [5, 5.41) is 17.1. The van der Waals surface area contributed by atoms with Gasteiger partial charge in [0.05, 0.1) is 12.6 Å². The SMILES string of the molecule is CCNC(=NCC1(C)CCCCC1O)NCCN(C)C1CCCC1. The molecule has 0 radical (unpaired) electrons. The molecule has 5 heteroatoms. The topological polar surface area (TPSA) is 59.9 Å². The molecule has 0 aromatic carbocycles. The Morgan fingerprint density at radius 2 is 1.88 bits per heavy atom. The van der Waals surface area contributed by atoms with Crippen LogP contribution in [0.25, 0.3) is 0 Å². The molecule has 2 atom stereocenters. The van der Waals surface area contributed by atoms with Crippen molar-refractivity contribution in [2.75, 3.05) is 33.2 Å². The second kappa shape index (κ2) is 9.62. The summed E-state index contributed by atoms with van der Waals surface area (Å²) in [6.45, 7) is 7.80. The van der Waals surface area contributed by atoms with Gasteiger partial charge in [-0.15, -0.1) is 0 Å². The number of aliphatic imine (C=N–C) groups is 1. The van der Waals surface area contributed by atoms with Gasteiger partial charge in [-0.1, -0.05) is 32.6 Å². The highest BCUT2D eigenvalue weighted by molar-refractivity contribution is 5.79. The maximum absolute atomic E-state index is 10.3. The Kier molecular flexibility index (Phi) is 7.82. The van der Waals surface area contributed by atoms with Gasteiger partial charge in [-0.2, -0.15) is 0 Å². The van der Waals surface area contributed by atoms with E-state index in [0.717, 1.165) is 50.9 Å². The summed E-state index contributed by atoms with van der Waals surface area (Å²) in [5.74, 6) is 0.885. The fourth-order valence-electron chi connectivity index (χ4n) is 4.05. The van der Waals surface area contributed by atoms with Crippen LogP contribution in [0.15, 0.2) is 4.99 Å². The van der Waals surface area contributed by atoms with Crippen molar-refractivity contribution in [3.63, 3.8) is 0 Å². The minimum absolute atomic E-state index is 0.0682. The van der Waals surface area contributed by atoms with E-state index < -0.39 is 0 Å². The molecule has 0 aliphatic heterocycles. The Hall–Kier alpha value is -0.810. The number of aliphatic hydroxyl groups is 1. The minimum atomic E-state index is -0.216. The molecule has 3 N–H and O–H groups in total. The lowest BCUT2D eigenvalue weighted by Crippen LogP contribution is -2.44. The Balaban J connectivity index is 1.79.